The molecule has 0 spiro atoms. The van der Waals surface area contributed by atoms with Gasteiger partial charge in [0.25, 0.3) is 0 Å². The van der Waals surface area contributed by atoms with Crippen LogP contribution >= 0.6 is 23.2 Å². The summed E-state index contributed by atoms with van der Waals surface area (Å²) in [6.07, 6.45) is 3.27. The van der Waals surface area contributed by atoms with Gasteiger partial charge in [0, 0.05) is 6.20 Å². The Balaban J connectivity index is 2.13. The minimum Gasteiger partial charge on any atom is -0.444 e. The van der Waals surface area contributed by atoms with Gasteiger partial charge in [-0.2, -0.15) is 0 Å². The van der Waals surface area contributed by atoms with Crippen molar-refractivity contribution in [1.82, 2.24) is 19.5 Å². The fourth-order valence-electron chi connectivity index (χ4n) is 2.07. The summed E-state index contributed by atoms with van der Waals surface area (Å²) < 4.78 is 7.40. The van der Waals surface area contributed by atoms with Crippen molar-refractivity contribution in [3.8, 4) is 0 Å². The summed E-state index contributed by atoms with van der Waals surface area (Å²) in [5, 5.41) is 0.293. The first-order valence-electron chi connectivity index (χ1n) is 6.11. The van der Waals surface area contributed by atoms with Gasteiger partial charge in [0.05, 0.1) is 16.6 Å². The van der Waals surface area contributed by atoms with E-state index < -0.39 is 0 Å². The fourth-order valence-corrected chi connectivity index (χ4v) is 2.39. The van der Waals surface area contributed by atoms with Crippen molar-refractivity contribution in [3.05, 3.63) is 41.0 Å². The van der Waals surface area contributed by atoms with E-state index >= 15 is 0 Å². The number of aromatic nitrogens is 4. The molecular formula is C13H12Cl2N4O. The molecule has 0 saturated heterocycles. The number of nitrogens with zero attached hydrogens (tertiary/aromatic N) is 4. The molecule has 0 aliphatic heterocycles. The van der Waals surface area contributed by atoms with E-state index in [1.165, 1.54) is 0 Å². The van der Waals surface area contributed by atoms with Crippen molar-refractivity contribution >= 4 is 34.4 Å². The Bertz CT molecular complexity index is 763. The van der Waals surface area contributed by atoms with Gasteiger partial charge in [-0.25, -0.2) is 15.0 Å². The van der Waals surface area contributed by atoms with E-state index in [1.807, 2.05) is 18.4 Å². The summed E-state index contributed by atoms with van der Waals surface area (Å²) in [5.74, 6) is 2.07. The number of pyridine rings is 1. The molecule has 3 aromatic heterocycles. The van der Waals surface area contributed by atoms with E-state index in [0.29, 0.717) is 34.4 Å². The molecular weight excluding hydrogens is 299 g/mol. The third-order valence-corrected chi connectivity index (χ3v) is 3.30. The van der Waals surface area contributed by atoms with Gasteiger partial charge in [0.15, 0.2) is 5.65 Å². The monoisotopic (exact) mass is 310 g/mol. The number of halogens is 2. The predicted molar refractivity (Wildman–Crippen MR) is 77.1 cm³/mol. The zero-order valence-corrected chi connectivity index (χ0v) is 12.5. The summed E-state index contributed by atoms with van der Waals surface area (Å²) in [5.41, 5.74) is 1.43. The van der Waals surface area contributed by atoms with Crippen molar-refractivity contribution in [2.45, 2.75) is 25.8 Å². The highest BCUT2D eigenvalue weighted by Crippen LogP contribution is 2.25. The Morgan fingerprint density at radius 3 is 2.80 bits per heavy atom. The molecule has 0 bridgehead atoms. The standard InChI is InChI=1S/C13H12Cl2N4O/c1-7-4-16-11(20-7)6-19-12(8(2)14)18-10-3-9(15)5-17-13(10)19/h3-5,8H,6H2,1-2H3. The Morgan fingerprint density at radius 1 is 1.35 bits per heavy atom. The molecule has 0 aliphatic rings. The first kappa shape index (κ1) is 13.4. The first-order chi connectivity index (χ1) is 9.54. The van der Waals surface area contributed by atoms with Gasteiger partial charge in [-0.15, -0.1) is 11.6 Å². The molecule has 0 radical (unpaired) electrons. The summed E-state index contributed by atoms with van der Waals surface area (Å²) >= 11 is 12.1. The van der Waals surface area contributed by atoms with Crippen molar-refractivity contribution in [2.24, 2.45) is 0 Å². The van der Waals surface area contributed by atoms with Crippen molar-refractivity contribution < 1.29 is 4.42 Å². The van der Waals surface area contributed by atoms with Crippen LogP contribution in [0.15, 0.2) is 22.9 Å². The van der Waals surface area contributed by atoms with Crippen LogP contribution in [0.25, 0.3) is 11.2 Å². The zero-order valence-electron chi connectivity index (χ0n) is 11.0. The van der Waals surface area contributed by atoms with Crippen LogP contribution in [-0.2, 0) is 6.54 Å². The fraction of sp³-hybridized carbons (Fsp3) is 0.308. The number of imidazole rings is 1. The normalized spacial score (nSPS) is 13.0. The quantitative estimate of drug-likeness (QED) is 0.692. The van der Waals surface area contributed by atoms with Crippen LogP contribution in [0.2, 0.25) is 5.02 Å². The van der Waals surface area contributed by atoms with Crippen LogP contribution in [0.4, 0.5) is 0 Å². The molecule has 104 valence electrons. The molecule has 3 heterocycles. The number of hydrogen-bond acceptors (Lipinski definition) is 4. The largest absolute Gasteiger partial charge is 0.444 e. The molecule has 1 atom stereocenters. The molecule has 0 N–H and O–H groups in total. The maximum Gasteiger partial charge on any atom is 0.214 e. The summed E-state index contributed by atoms with van der Waals surface area (Å²) in [7, 11) is 0. The van der Waals surface area contributed by atoms with Crippen molar-refractivity contribution in [3.63, 3.8) is 0 Å². The summed E-state index contributed by atoms with van der Waals surface area (Å²) in [4.78, 5) is 13.0. The molecule has 0 saturated carbocycles. The number of oxazole rings is 1. The van der Waals surface area contributed by atoms with Gasteiger partial charge in [-0.1, -0.05) is 11.6 Å². The van der Waals surface area contributed by atoms with Gasteiger partial charge in [-0.3, -0.25) is 0 Å². The molecule has 20 heavy (non-hydrogen) atoms. The average molecular weight is 311 g/mol. The Labute approximate surface area is 125 Å². The van der Waals surface area contributed by atoms with Crippen LogP contribution in [0.3, 0.4) is 0 Å². The van der Waals surface area contributed by atoms with Gasteiger partial charge in [0.2, 0.25) is 5.89 Å². The lowest BCUT2D eigenvalue weighted by Gasteiger charge is -2.07. The van der Waals surface area contributed by atoms with E-state index in [4.69, 9.17) is 27.6 Å². The number of alkyl halides is 1. The molecule has 0 aromatic carbocycles. The second kappa shape index (κ2) is 5.07. The number of hydrogen-bond donors (Lipinski definition) is 0. The molecule has 3 rings (SSSR count). The number of aryl methyl sites for hydroxylation is 1. The maximum absolute atomic E-state index is 6.20. The summed E-state index contributed by atoms with van der Waals surface area (Å²) in [6.45, 7) is 4.15. The third-order valence-electron chi connectivity index (χ3n) is 2.90. The number of rotatable bonds is 3. The van der Waals surface area contributed by atoms with Crippen LogP contribution < -0.4 is 0 Å². The SMILES string of the molecule is Cc1cnc(Cn2c(C(C)Cl)nc3cc(Cl)cnc32)o1. The Morgan fingerprint density at radius 2 is 2.15 bits per heavy atom. The minimum absolute atomic E-state index is 0.251. The Hall–Kier alpha value is -1.59. The third kappa shape index (κ3) is 2.39. The van der Waals surface area contributed by atoms with E-state index in [0.717, 1.165) is 5.76 Å². The van der Waals surface area contributed by atoms with Crippen molar-refractivity contribution in [1.29, 1.82) is 0 Å². The van der Waals surface area contributed by atoms with Crippen LogP contribution in [0, 0.1) is 6.92 Å². The second-order valence-electron chi connectivity index (χ2n) is 4.53. The Kier molecular flexibility index (Phi) is 3.40. The second-order valence-corrected chi connectivity index (χ2v) is 5.62. The summed E-state index contributed by atoms with van der Waals surface area (Å²) in [6, 6.07) is 1.77. The maximum atomic E-state index is 6.20. The highest BCUT2D eigenvalue weighted by molar-refractivity contribution is 6.31. The highest BCUT2D eigenvalue weighted by atomic mass is 35.5. The first-order valence-corrected chi connectivity index (χ1v) is 6.93. The van der Waals surface area contributed by atoms with Crippen LogP contribution in [-0.4, -0.2) is 19.5 Å². The van der Waals surface area contributed by atoms with Gasteiger partial charge < -0.3 is 8.98 Å². The van der Waals surface area contributed by atoms with Gasteiger partial charge in [0.1, 0.15) is 23.6 Å². The molecule has 5 nitrogen and oxygen atoms in total. The lowest BCUT2D eigenvalue weighted by Crippen LogP contribution is -2.06. The van der Waals surface area contributed by atoms with Crippen LogP contribution in [0.1, 0.15) is 29.8 Å². The van der Waals surface area contributed by atoms with Gasteiger partial charge in [-0.05, 0) is 19.9 Å². The van der Waals surface area contributed by atoms with E-state index in [1.54, 1.807) is 18.5 Å². The van der Waals surface area contributed by atoms with Crippen LogP contribution in [0.5, 0.6) is 0 Å². The molecule has 7 heteroatoms. The van der Waals surface area contributed by atoms with Crippen molar-refractivity contribution in [2.75, 3.05) is 0 Å². The average Bonchev–Trinajstić information content (AvgIpc) is 2.94. The zero-order chi connectivity index (χ0) is 14.3. The van der Waals surface area contributed by atoms with E-state index in [2.05, 4.69) is 15.0 Å². The predicted octanol–water partition coefficient (Wildman–Crippen LogP) is 3.73. The molecule has 1 unspecified atom stereocenters. The lowest BCUT2D eigenvalue weighted by atomic mass is 10.4. The topological polar surface area (TPSA) is 56.7 Å². The molecule has 0 fully saturated rings. The minimum atomic E-state index is -0.251. The highest BCUT2D eigenvalue weighted by Gasteiger charge is 2.18. The molecule has 0 amide bonds. The van der Waals surface area contributed by atoms with Gasteiger partial charge >= 0.3 is 0 Å². The van der Waals surface area contributed by atoms with E-state index in [9.17, 15) is 0 Å². The van der Waals surface area contributed by atoms with E-state index in [-0.39, 0.29) is 5.38 Å². The smallest absolute Gasteiger partial charge is 0.214 e. The lowest BCUT2D eigenvalue weighted by molar-refractivity contribution is 0.455. The number of fused-ring (bicyclic) bond motifs is 1. The molecule has 0 aliphatic carbocycles. The molecule has 3 aromatic rings.